The Bertz CT molecular complexity index is 553. The minimum Gasteiger partial charge on any atom is -0.478 e. The van der Waals surface area contributed by atoms with Crippen molar-refractivity contribution in [2.24, 2.45) is 5.10 Å². The van der Waals surface area contributed by atoms with Crippen molar-refractivity contribution in [1.29, 1.82) is 10.5 Å². The fraction of sp³-hybridized carbons (Fsp3) is 0. The Labute approximate surface area is 105 Å². The molecule has 0 aliphatic rings. The van der Waals surface area contributed by atoms with Gasteiger partial charge < -0.3 is 5.11 Å². The van der Waals surface area contributed by atoms with Gasteiger partial charge >= 0.3 is 5.97 Å². The van der Waals surface area contributed by atoms with Crippen molar-refractivity contribution in [3.05, 3.63) is 28.2 Å². The van der Waals surface area contributed by atoms with Crippen LogP contribution in [0.2, 0.25) is 0 Å². The number of anilines is 1. The molecule has 84 valence electrons. The van der Waals surface area contributed by atoms with Crippen LogP contribution in [0.5, 0.6) is 0 Å². The van der Waals surface area contributed by atoms with Gasteiger partial charge in [0.15, 0.2) is 0 Å². The molecular formula is C10H5BrN4O2. The number of hydrazone groups is 1. The summed E-state index contributed by atoms with van der Waals surface area (Å²) in [4.78, 5) is 11.0. The molecule has 0 saturated heterocycles. The summed E-state index contributed by atoms with van der Waals surface area (Å²) in [5, 5.41) is 29.4. The van der Waals surface area contributed by atoms with E-state index in [0.29, 0.717) is 4.47 Å². The van der Waals surface area contributed by atoms with E-state index in [9.17, 15) is 4.79 Å². The molecule has 1 aromatic carbocycles. The molecule has 0 bridgehead atoms. The number of aromatic carboxylic acids is 1. The maximum absolute atomic E-state index is 11.0. The quantitative estimate of drug-likeness (QED) is 0.654. The molecule has 0 amide bonds. The third-order valence-corrected chi connectivity index (χ3v) is 2.39. The number of rotatable bonds is 3. The molecule has 0 aliphatic carbocycles. The number of carbonyl (C=O) groups is 1. The van der Waals surface area contributed by atoms with E-state index in [1.165, 1.54) is 6.07 Å². The second kappa shape index (κ2) is 5.64. The van der Waals surface area contributed by atoms with E-state index in [1.807, 2.05) is 0 Å². The number of hydrogen-bond acceptors (Lipinski definition) is 5. The lowest BCUT2D eigenvalue weighted by atomic mass is 10.2. The van der Waals surface area contributed by atoms with Crippen LogP contribution in [0.15, 0.2) is 27.8 Å². The average Bonchev–Trinajstić information content (AvgIpc) is 2.29. The van der Waals surface area contributed by atoms with Crippen LogP contribution in [0.4, 0.5) is 5.69 Å². The molecule has 17 heavy (non-hydrogen) atoms. The Morgan fingerprint density at radius 1 is 1.41 bits per heavy atom. The van der Waals surface area contributed by atoms with Crippen molar-refractivity contribution in [3.63, 3.8) is 0 Å². The van der Waals surface area contributed by atoms with E-state index in [1.54, 1.807) is 24.3 Å². The molecule has 0 radical (unpaired) electrons. The van der Waals surface area contributed by atoms with Crippen LogP contribution in [-0.4, -0.2) is 16.8 Å². The normalized spacial score (nSPS) is 8.65. The Morgan fingerprint density at radius 2 is 2.06 bits per heavy atom. The van der Waals surface area contributed by atoms with Crippen LogP contribution >= 0.6 is 15.9 Å². The Morgan fingerprint density at radius 3 is 2.59 bits per heavy atom. The third kappa shape index (κ3) is 3.03. The number of nitrogens with zero attached hydrogens (tertiary/aromatic N) is 3. The number of carboxylic acids is 1. The van der Waals surface area contributed by atoms with Crippen LogP contribution in [-0.2, 0) is 0 Å². The predicted molar refractivity (Wildman–Crippen MR) is 63.4 cm³/mol. The average molecular weight is 293 g/mol. The van der Waals surface area contributed by atoms with Gasteiger partial charge in [0.2, 0.25) is 5.71 Å². The summed E-state index contributed by atoms with van der Waals surface area (Å²) in [6.07, 6.45) is 0. The summed E-state index contributed by atoms with van der Waals surface area (Å²) >= 11 is 3.09. The second-order valence-corrected chi connectivity index (χ2v) is 3.62. The first-order chi connectivity index (χ1) is 8.10. The van der Waals surface area contributed by atoms with Gasteiger partial charge in [0.25, 0.3) is 0 Å². The third-order valence-electron chi connectivity index (χ3n) is 1.73. The summed E-state index contributed by atoms with van der Waals surface area (Å²) in [5.74, 6) is -1.15. The van der Waals surface area contributed by atoms with Crippen molar-refractivity contribution >= 4 is 33.3 Å². The lowest BCUT2D eigenvalue weighted by Gasteiger charge is -2.06. The minimum absolute atomic E-state index is 0.0218. The fourth-order valence-corrected chi connectivity index (χ4v) is 1.56. The summed E-state index contributed by atoms with van der Waals surface area (Å²) < 4.78 is 0.376. The van der Waals surface area contributed by atoms with Gasteiger partial charge in [0, 0.05) is 4.47 Å². The molecule has 1 aromatic rings. The fourth-order valence-electron chi connectivity index (χ4n) is 1.03. The topological polar surface area (TPSA) is 109 Å². The summed E-state index contributed by atoms with van der Waals surface area (Å²) in [6.45, 7) is 0. The molecule has 0 fully saturated rings. The number of nitriles is 2. The zero-order valence-electron chi connectivity index (χ0n) is 8.31. The highest BCUT2D eigenvalue weighted by Gasteiger charge is 2.13. The number of nitrogens with one attached hydrogen (secondary N) is 1. The van der Waals surface area contributed by atoms with Crippen LogP contribution in [0, 0.1) is 22.7 Å². The lowest BCUT2D eigenvalue weighted by Crippen LogP contribution is -2.05. The molecule has 0 aromatic heterocycles. The van der Waals surface area contributed by atoms with Gasteiger partial charge in [-0.05, 0) is 28.1 Å². The van der Waals surface area contributed by atoms with Gasteiger partial charge in [-0.15, -0.1) is 0 Å². The van der Waals surface area contributed by atoms with Gasteiger partial charge in [0.1, 0.15) is 12.1 Å². The molecule has 0 atom stereocenters. The molecule has 0 spiro atoms. The van der Waals surface area contributed by atoms with Crippen molar-refractivity contribution in [1.82, 2.24) is 0 Å². The second-order valence-electron chi connectivity index (χ2n) is 2.76. The first-order valence-electron chi connectivity index (χ1n) is 4.26. The summed E-state index contributed by atoms with van der Waals surface area (Å²) in [6, 6.07) is 7.75. The van der Waals surface area contributed by atoms with E-state index < -0.39 is 5.97 Å². The minimum atomic E-state index is -1.15. The SMILES string of the molecule is N#CC(C#N)=NNc1cccc(Br)c1C(=O)O. The molecule has 0 aliphatic heterocycles. The zero-order chi connectivity index (χ0) is 12.8. The highest BCUT2D eigenvalue weighted by Crippen LogP contribution is 2.24. The van der Waals surface area contributed by atoms with E-state index in [4.69, 9.17) is 15.6 Å². The highest BCUT2D eigenvalue weighted by molar-refractivity contribution is 9.10. The molecule has 0 heterocycles. The Hall–Kier alpha value is -2.38. The van der Waals surface area contributed by atoms with Crippen molar-refractivity contribution in [2.45, 2.75) is 0 Å². The van der Waals surface area contributed by atoms with Gasteiger partial charge in [-0.2, -0.15) is 15.6 Å². The smallest absolute Gasteiger partial charge is 0.339 e. The lowest BCUT2D eigenvalue weighted by molar-refractivity contribution is 0.0697. The van der Waals surface area contributed by atoms with E-state index in [0.717, 1.165) is 0 Å². The largest absolute Gasteiger partial charge is 0.478 e. The first kappa shape index (κ1) is 12.7. The van der Waals surface area contributed by atoms with Gasteiger partial charge in [-0.25, -0.2) is 4.79 Å². The Kier molecular flexibility index (Phi) is 4.21. The zero-order valence-corrected chi connectivity index (χ0v) is 9.89. The first-order valence-corrected chi connectivity index (χ1v) is 5.05. The molecule has 0 saturated carbocycles. The van der Waals surface area contributed by atoms with Gasteiger partial charge in [-0.3, -0.25) is 5.43 Å². The van der Waals surface area contributed by atoms with E-state index in [2.05, 4.69) is 26.5 Å². The van der Waals surface area contributed by atoms with Crippen LogP contribution in [0.25, 0.3) is 0 Å². The summed E-state index contributed by atoms with van der Waals surface area (Å²) in [5.41, 5.74) is 2.15. The highest BCUT2D eigenvalue weighted by atomic mass is 79.9. The van der Waals surface area contributed by atoms with Crippen molar-refractivity contribution in [3.8, 4) is 12.1 Å². The van der Waals surface area contributed by atoms with E-state index >= 15 is 0 Å². The van der Waals surface area contributed by atoms with Gasteiger partial charge in [0.05, 0.1) is 11.3 Å². The predicted octanol–water partition coefficient (Wildman–Crippen LogP) is 1.96. The molecule has 0 unspecified atom stereocenters. The van der Waals surface area contributed by atoms with Crippen LogP contribution in [0.1, 0.15) is 10.4 Å². The van der Waals surface area contributed by atoms with E-state index in [-0.39, 0.29) is 17.0 Å². The molecule has 7 heteroatoms. The molecule has 1 rings (SSSR count). The number of carboxylic acid groups (broad SMARTS) is 1. The summed E-state index contributed by atoms with van der Waals surface area (Å²) in [7, 11) is 0. The molecule has 2 N–H and O–H groups in total. The number of benzene rings is 1. The van der Waals surface area contributed by atoms with Crippen molar-refractivity contribution < 1.29 is 9.90 Å². The Balaban J connectivity index is 3.14. The maximum Gasteiger partial charge on any atom is 0.339 e. The number of halogens is 1. The van der Waals surface area contributed by atoms with Gasteiger partial charge in [-0.1, -0.05) is 6.07 Å². The monoisotopic (exact) mass is 292 g/mol. The molecule has 6 nitrogen and oxygen atoms in total. The van der Waals surface area contributed by atoms with Crippen LogP contribution in [0.3, 0.4) is 0 Å². The maximum atomic E-state index is 11.0. The number of hydrogen-bond donors (Lipinski definition) is 2. The van der Waals surface area contributed by atoms with Crippen LogP contribution < -0.4 is 5.43 Å². The molecular weight excluding hydrogens is 288 g/mol. The van der Waals surface area contributed by atoms with Crippen molar-refractivity contribution in [2.75, 3.05) is 5.43 Å². The standard InChI is InChI=1S/C10H5BrN4O2/c11-7-2-1-3-8(9(7)10(16)17)15-14-6(4-12)5-13/h1-3,15H,(H,16,17).